The molecule has 0 spiro atoms. The van der Waals surface area contributed by atoms with Crippen LogP contribution < -0.4 is 5.32 Å². The topological polar surface area (TPSA) is 52.7 Å². The average molecular weight is 343 g/mol. The third kappa shape index (κ3) is 4.82. The lowest BCUT2D eigenvalue weighted by Crippen LogP contribution is -2.55. The summed E-state index contributed by atoms with van der Waals surface area (Å²) in [6.45, 7) is 7.03. The number of piperazine rings is 1. The minimum absolute atomic E-state index is 0.110. The highest BCUT2D eigenvalue weighted by Crippen LogP contribution is 2.21. The molecule has 2 fully saturated rings. The van der Waals surface area contributed by atoms with Gasteiger partial charge in [-0.15, -0.1) is 0 Å². The van der Waals surface area contributed by atoms with E-state index in [1.54, 1.807) is 0 Å². The molecule has 2 aliphatic rings. The number of nitrogens with zero attached hydrogens (tertiary/aromatic N) is 2. The lowest BCUT2D eigenvalue weighted by Gasteiger charge is -2.37. The standard InChI is InChI=1S/C20H29N3O2/c1-15(17-6-4-3-5-7-17)14-19(24)23-12-10-22(11-13-23)16(2)20(25)21-18-8-9-18/h3-7,15-16,18H,8-14H2,1-2H3,(H,21,25). The van der Waals surface area contributed by atoms with Crippen LogP contribution in [0.2, 0.25) is 0 Å². The number of hydrogen-bond acceptors (Lipinski definition) is 3. The Balaban J connectivity index is 1.44. The molecule has 2 atom stereocenters. The van der Waals surface area contributed by atoms with Crippen molar-refractivity contribution in [1.82, 2.24) is 15.1 Å². The van der Waals surface area contributed by atoms with Crippen molar-refractivity contribution in [2.75, 3.05) is 26.2 Å². The van der Waals surface area contributed by atoms with Crippen LogP contribution in [0.4, 0.5) is 0 Å². The molecule has 1 aliphatic heterocycles. The summed E-state index contributed by atoms with van der Waals surface area (Å²) in [5.74, 6) is 0.570. The van der Waals surface area contributed by atoms with Crippen molar-refractivity contribution in [3.8, 4) is 0 Å². The number of carbonyl (C=O) groups excluding carboxylic acids is 2. The van der Waals surface area contributed by atoms with Crippen LogP contribution in [-0.4, -0.2) is 59.9 Å². The van der Waals surface area contributed by atoms with E-state index in [9.17, 15) is 9.59 Å². The molecule has 2 amide bonds. The van der Waals surface area contributed by atoms with Crippen molar-refractivity contribution in [3.63, 3.8) is 0 Å². The second kappa shape index (κ2) is 8.00. The number of amides is 2. The Kier molecular flexibility index (Phi) is 5.74. The minimum atomic E-state index is -0.110. The SMILES string of the molecule is CC(CC(=O)N1CCN(C(C)C(=O)NC2CC2)CC1)c1ccccc1. The maximum atomic E-state index is 12.6. The Morgan fingerprint density at radius 3 is 2.32 bits per heavy atom. The normalized spacial score (nSPS) is 20.8. The first-order chi connectivity index (χ1) is 12.0. The van der Waals surface area contributed by atoms with E-state index in [2.05, 4.69) is 29.3 Å². The fraction of sp³-hybridized carbons (Fsp3) is 0.600. The second-order valence-corrected chi connectivity index (χ2v) is 7.39. The fourth-order valence-corrected chi connectivity index (χ4v) is 3.36. The van der Waals surface area contributed by atoms with Crippen LogP contribution in [0.15, 0.2) is 30.3 Å². The van der Waals surface area contributed by atoms with Gasteiger partial charge in [-0.05, 0) is 31.2 Å². The summed E-state index contributed by atoms with van der Waals surface area (Å²) in [5.41, 5.74) is 1.21. The van der Waals surface area contributed by atoms with Crippen molar-refractivity contribution < 1.29 is 9.59 Å². The molecule has 1 aromatic rings. The lowest BCUT2D eigenvalue weighted by molar-refractivity contribution is -0.134. The number of rotatable bonds is 6. The van der Waals surface area contributed by atoms with Gasteiger partial charge in [-0.2, -0.15) is 0 Å². The van der Waals surface area contributed by atoms with Gasteiger partial charge in [-0.25, -0.2) is 0 Å². The Labute approximate surface area is 150 Å². The number of carbonyl (C=O) groups is 2. The Morgan fingerprint density at radius 1 is 1.08 bits per heavy atom. The number of benzene rings is 1. The number of hydrogen-bond donors (Lipinski definition) is 1. The summed E-state index contributed by atoms with van der Waals surface area (Å²) in [6, 6.07) is 10.5. The van der Waals surface area contributed by atoms with Gasteiger partial charge in [0.1, 0.15) is 0 Å². The molecule has 1 saturated heterocycles. The van der Waals surface area contributed by atoms with Crippen LogP contribution in [0.1, 0.15) is 44.6 Å². The van der Waals surface area contributed by atoms with Crippen LogP contribution in [0.3, 0.4) is 0 Å². The number of nitrogens with one attached hydrogen (secondary N) is 1. The Hall–Kier alpha value is -1.88. The van der Waals surface area contributed by atoms with Crippen molar-refractivity contribution in [1.29, 1.82) is 0 Å². The van der Waals surface area contributed by atoms with Gasteiger partial charge in [0.05, 0.1) is 6.04 Å². The first-order valence-corrected chi connectivity index (χ1v) is 9.41. The van der Waals surface area contributed by atoms with Gasteiger partial charge in [0.15, 0.2) is 0 Å². The maximum Gasteiger partial charge on any atom is 0.237 e. The van der Waals surface area contributed by atoms with Crippen LogP contribution in [-0.2, 0) is 9.59 Å². The fourth-order valence-electron chi connectivity index (χ4n) is 3.36. The van der Waals surface area contributed by atoms with Crippen LogP contribution in [0.5, 0.6) is 0 Å². The van der Waals surface area contributed by atoms with Crippen molar-refractivity contribution >= 4 is 11.8 Å². The molecule has 0 radical (unpaired) electrons. The maximum absolute atomic E-state index is 12.6. The smallest absolute Gasteiger partial charge is 0.237 e. The van der Waals surface area contributed by atoms with Crippen LogP contribution in [0, 0.1) is 0 Å². The quantitative estimate of drug-likeness (QED) is 0.859. The zero-order valence-corrected chi connectivity index (χ0v) is 15.3. The first-order valence-electron chi connectivity index (χ1n) is 9.41. The molecular weight excluding hydrogens is 314 g/mol. The summed E-state index contributed by atoms with van der Waals surface area (Å²) in [6.07, 6.45) is 2.77. The highest BCUT2D eigenvalue weighted by atomic mass is 16.2. The molecule has 2 unspecified atom stereocenters. The molecule has 25 heavy (non-hydrogen) atoms. The molecule has 1 heterocycles. The van der Waals surface area contributed by atoms with E-state index in [-0.39, 0.29) is 23.8 Å². The molecule has 1 aliphatic carbocycles. The lowest BCUT2D eigenvalue weighted by atomic mass is 9.97. The second-order valence-electron chi connectivity index (χ2n) is 7.39. The molecule has 3 rings (SSSR count). The zero-order valence-electron chi connectivity index (χ0n) is 15.3. The van der Waals surface area contributed by atoms with Crippen LogP contribution >= 0.6 is 0 Å². The highest BCUT2D eigenvalue weighted by molar-refractivity contribution is 5.82. The monoisotopic (exact) mass is 343 g/mol. The molecular formula is C20H29N3O2. The van der Waals surface area contributed by atoms with Crippen molar-refractivity contribution in [2.24, 2.45) is 0 Å². The molecule has 5 nitrogen and oxygen atoms in total. The van der Waals surface area contributed by atoms with Crippen molar-refractivity contribution in [2.45, 2.75) is 51.1 Å². The predicted molar refractivity (Wildman–Crippen MR) is 98.3 cm³/mol. The minimum Gasteiger partial charge on any atom is -0.352 e. The van der Waals surface area contributed by atoms with E-state index >= 15 is 0 Å². The molecule has 1 N–H and O–H groups in total. The summed E-state index contributed by atoms with van der Waals surface area (Å²) in [7, 11) is 0. The van der Waals surface area contributed by atoms with Gasteiger partial charge in [-0.1, -0.05) is 37.3 Å². The van der Waals surface area contributed by atoms with E-state index < -0.39 is 0 Å². The molecule has 1 aromatic carbocycles. The van der Waals surface area contributed by atoms with E-state index in [1.165, 1.54) is 5.56 Å². The highest BCUT2D eigenvalue weighted by Gasteiger charge is 2.31. The summed E-state index contributed by atoms with van der Waals surface area (Å²) < 4.78 is 0. The van der Waals surface area contributed by atoms with E-state index in [0.717, 1.165) is 25.9 Å². The largest absolute Gasteiger partial charge is 0.352 e. The first kappa shape index (κ1) is 17.9. The van der Waals surface area contributed by atoms with Gasteiger partial charge in [0, 0.05) is 38.6 Å². The van der Waals surface area contributed by atoms with E-state index in [4.69, 9.17) is 0 Å². The predicted octanol–water partition coefficient (Wildman–Crippen LogP) is 1.99. The van der Waals surface area contributed by atoms with Crippen molar-refractivity contribution in [3.05, 3.63) is 35.9 Å². The average Bonchev–Trinajstić information content (AvgIpc) is 3.45. The van der Waals surface area contributed by atoms with E-state index in [1.807, 2.05) is 30.0 Å². The molecule has 0 aromatic heterocycles. The van der Waals surface area contributed by atoms with Gasteiger partial charge in [0.25, 0.3) is 0 Å². The molecule has 0 bridgehead atoms. The van der Waals surface area contributed by atoms with Gasteiger partial charge >= 0.3 is 0 Å². The summed E-state index contributed by atoms with van der Waals surface area (Å²) >= 11 is 0. The Bertz CT molecular complexity index is 592. The molecule has 1 saturated carbocycles. The Morgan fingerprint density at radius 2 is 1.72 bits per heavy atom. The third-order valence-electron chi connectivity index (χ3n) is 5.37. The summed E-state index contributed by atoms with van der Waals surface area (Å²) in [5, 5.41) is 3.07. The third-order valence-corrected chi connectivity index (χ3v) is 5.37. The van der Waals surface area contributed by atoms with Gasteiger partial charge in [0.2, 0.25) is 11.8 Å². The van der Waals surface area contributed by atoms with E-state index in [0.29, 0.717) is 25.6 Å². The van der Waals surface area contributed by atoms with Gasteiger partial charge < -0.3 is 10.2 Å². The van der Waals surface area contributed by atoms with Gasteiger partial charge in [-0.3, -0.25) is 14.5 Å². The molecule has 5 heteroatoms. The molecule has 136 valence electrons. The van der Waals surface area contributed by atoms with Crippen LogP contribution in [0.25, 0.3) is 0 Å². The zero-order chi connectivity index (χ0) is 17.8. The summed E-state index contributed by atoms with van der Waals surface area (Å²) in [4.78, 5) is 28.9.